The van der Waals surface area contributed by atoms with Crippen molar-refractivity contribution in [3.63, 3.8) is 0 Å². The first-order valence-corrected chi connectivity index (χ1v) is 11.1. The number of carbonyl (C=O) groups is 2. The Morgan fingerprint density at radius 3 is 2.89 bits per heavy atom. The van der Waals surface area contributed by atoms with Gasteiger partial charge in [-0.3, -0.25) is 14.2 Å². The quantitative estimate of drug-likeness (QED) is 0.619. The number of hydrogen-bond donors (Lipinski definition) is 1. The Bertz CT molecular complexity index is 963. The molecule has 1 aliphatic heterocycles. The second-order valence-corrected chi connectivity index (χ2v) is 8.95. The summed E-state index contributed by atoms with van der Waals surface area (Å²) in [6.45, 7) is 1.38. The third-order valence-electron chi connectivity index (χ3n) is 4.26. The van der Waals surface area contributed by atoms with Gasteiger partial charge in [0.2, 0.25) is 11.8 Å². The van der Waals surface area contributed by atoms with E-state index in [4.69, 9.17) is 5.73 Å². The maximum atomic E-state index is 12.6. The van der Waals surface area contributed by atoms with E-state index < -0.39 is 5.91 Å². The molecule has 2 N–H and O–H groups in total. The van der Waals surface area contributed by atoms with Gasteiger partial charge in [-0.15, -0.1) is 32.9 Å². The number of fused-ring (bicyclic) bond motifs is 1. The molecule has 27 heavy (non-hydrogen) atoms. The van der Waals surface area contributed by atoms with Crippen LogP contribution in [0, 0.1) is 0 Å². The van der Waals surface area contributed by atoms with Crippen LogP contribution in [-0.4, -0.2) is 43.8 Å². The van der Waals surface area contributed by atoms with Crippen molar-refractivity contribution >= 4 is 46.2 Å². The summed E-state index contributed by atoms with van der Waals surface area (Å²) >= 11 is 4.55. The van der Waals surface area contributed by atoms with Crippen LogP contribution in [0.15, 0.2) is 34.1 Å². The van der Waals surface area contributed by atoms with Crippen molar-refractivity contribution in [1.82, 2.24) is 19.7 Å². The Kier molecular flexibility index (Phi) is 5.28. The monoisotopic (exact) mass is 419 g/mol. The lowest BCUT2D eigenvalue weighted by Gasteiger charge is -2.26. The predicted molar refractivity (Wildman–Crippen MR) is 107 cm³/mol. The van der Waals surface area contributed by atoms with E-state index in [1.807, 2.05) is 22.4 Å². The number of nitrogens with zero attached hydrogens (tertiary/aromatic N) is 4. The van der Waals surface area contributed by atoms with Crippen molar-refractivity contribution in [1.29, 1.82) is 0 Å². The van der Waals surface area contributed by atoms with Gasteiger partial charge in [0.15, 0.2) is 11.0 Å². The van der Waals surface area contributed by atoms with E-state index in [9.17, 15) is 9.59 Å². The van der Waals surface area contributed by atoms with E-state index in [1.54, 1.807) is 15.9 Å². The first kappa shape index (κ1) is 18.2. The minimum atomic E-state index is -0.471. The minimum absolute atomic E-state index is 0.0151. The fraction of sp³-hybridized carbons (Fsp3) is 0.294. The molecule has 0 atom stereocenters. The topological polar surface area (TPSA) is 94.1 Å². The molecule has 2 amide bonds. The van der Waals surface area contributed by atoms with Crippen LogP contribution in [-0.2, 0) is 29.1 Å². The number of rotatable bonds is 6. The Hall–Kier alpha value is -2.17. The lowest BCUT2D eigenvalue weighted by molar-refractivity contribution is -0.129. The fourth-order valence-electron chi connectivity index (χ4n) is 2.96. The van der Waals surface area contributed by atoms with Crippen molar-refractivity contribution < 1.29 is 9.59 Å². The third-order valence-corrected chi connectivity index (χ3v) is 7.10. The molecule has 0 aromatic carbocycles. The highest BCUT2D eigenvalue weighted by atomic mass is 32.2. The fourth-order valence-corrected chi connectivity index (χ4v) is 5.41. The van der Waals surface area contributed by atoms with Crippen LogP contribution in [0.1, 0.15) is 10.4 Å². The Morgan fingerprint density at radius 1 is 1.22 bits per heavy atom. The third kappa shape index (κ3) is 3.92. The van der Waals surface area contributed by atoms with Crippen LogP contribution in [0.5, 0.6) is 0 Å². The van der Waals surface area contributed by atoms with E-state index in [-0.39, 0.29) is 18.2 Å². The number of thiophene rings is 2. The van der Waals surface area contributed by atoms with Gasteiger partial charge in [0.1, 0.15) is 6.54 Å². The number of thioether (sulfide) groups is 1. The van der Waals surface area contributed by atoms with E-state index in [2.05, 4.69) is 21.6 Å². The predicted octanol–water partition coefficient (Wildman–Crippen LogP) is 2.23. The highest BCUT2D eigenvalue weighted by Gasteiger charge is 2.23. The maximum Gasteiger partial charge on any atom is 0.237 e. The molecule has 4 heterocycles. The van der Waals surface area contributed by atoms with Crippen LogP contribution >= 0.6 is 34.4 Å². The standard InChI is InChI=1S/C17H17N5O2S3/c18-14(23)9-22-16(13-2-1-6-25-13)19-20-17(22)27-10-15(24)21-5-3-12-11(8-21)4-7-26-12/h1-2,4,6-7H,3,5,8-10H2,(H2,18,23). The molecule has 10 heteroatoms. The molecule has 0 radical (unpaired) electrons. The van der Waals surface area contributed by atoms with Gasteiger partial charge in [0, 0.05) is 18.0 Å². The summed E-state index contributed by atoms with van der Waals surface area (Å²) in [7, 11) is 0. The zero-order valence-electron chi connectivity index (χ0n) is 14.3. The van der Waals surface area contributed by atoms with E-state index in [1.165, 1.54) is 33.5 Å². The summed E-state index contributed by atoms with van der Waals surface area (Å²) in [5.41, 5.74) is 6.62. The number of aromatic nitrogens is 3. The minimum Gasteiger partial charge on any atom is -0.368 e. The normalized spacial score (nSPS) is 13.6. The van der Waals surface area contributed by atoms with Crippen molar-refractivity contribution in [2.24, 2.45) is 5.73 Å². The molecule has 0 aliphatic carbocycles. The molecule has 3 aromatic heterocycles. The van der Waals surface area contributed by atoms with Gasteiger partial charge in [-0.2, -0.15) is 0 Å². The number of carbonyl (C=O) groups excluding carboxylic acids is 2. The zero-order chi connectivity index (χ0) is 18.8. The molecule has 7 nitrogen and oxygen atoms in total. The average molecular weight is 420 g/mol. The summed E-state index contributed by atoms with van der Waals surface area (Å²) in [5.74, 6) is 0.436. The molecule has 4 rings (SSSR count). The molecule has 0 saturated heterocycles. The largest absolute Gasteiger partial charge is 0.368 e. The molecular weight excluding hydrogens is 402 g/mol. The Balaban J connectivity index is 1.46. The SMILES string of the molecule is NC(=O)Cn1c(SCC(=O)N2CCc3sccc3C2)nnc1-c1cccs1. The van der Waals surface area contributed by atoms with Gasteiger partial charge < -0.3 is 10.6 Å². The highest BCUT2D eigenvalue weighted by Crippen LogP contribution is 2.28. The van der Waals surface area contributed by atoms with E-state index in [0.29, 0.717) is 17.5 Å². The van der Waals surface area contributed by atoms with Crippen LogP contribution in [0.3, 0.4) is 0 Å². The molecule has 0 bridgehead atoms. The van der Waals surface area contributed by atoms with Gasteiger partial charge in [-0.25, -0.2) is 0 Å². The Labute approximate surface area is 168 Å². The van der Waals surface area contributed by atoms with Crippen molar-refractivity contribution in [2.75, 3.05) is 12.3 Å². The van der Waals surface area contributed by atoms with Crippen LogP contribution in [0.4, 0.5) is 0 Å². The number of hydrogen-bond acceptors (Lipinski definition) is 7. The summed E-state index contributed by atoms with van der Waals surface area (Å²) in [6, 6.07) is 5.91. The first-order valence-electron chi connectivity index (χ1n) is 8.33. The van der Waals surface area contributed by atoms with Crippen LogP contribution < -0.4 is 5.73 Å². The van der Waals surface area contributed by atoms with Gasteiger partial charge in [-0.1, -0.05) is 17.8 Å². The number of amides is 2. The van der Waals surface area contributed by atoms with Crippen LogP contribution in [0.25, 0.3) is 10.7 Å². The molecule has 0 saturated carbocycles. The van der Waals surface area contributed by atoms with E-state index >= 15 is 0 Å². The smallest absolute Gasteiger partial charge is 0.237 e. The first-order chi connectivity index (χ1) is 13.1. The lowest BCUT2D eigenvalue weighted by atomic mass is 10.1. The molecular formula is C17H17N5O2S3. The van der Waals surface area contributed by atoms with Crippen molar-refractivity contribution in [2.45, 2.75) is 24.7 Å². The molecule has 140 valence electrons. The van der Waals surface area contributed by atoms with Gasteiger partial charge in [-0.05, 0) is 34.9 Å². The summed E-state index contributed by atoms with van der Waals surface area (Å²) in [6.07, 6.45) is 0.907. The molecule has 3 aromatic rings. The number of primary amides is 1. The van der Waals surface area contributed by atoms with Crippen molar-refractivity contribution in [3.05, 3.63) is 39.4 Å². The Morgan fingerprint density at radius 2 is 2.11 bits per heavy atom. The molecule has 0 unspecified atom stereocenters. The van der Waals surface area contributed by atoms with E-state index in [0.717, 1.165) is 17.8 Å². The average Bonchev–Trinajstić information content (AvgIpc) is 3.39. The lowest BCUT2D eigenvalue weighted by Crippen LogP contribution is -2.36. The maximum absolute atomic E-state index is 12.6. The second kappa shape index (κ2) is 7.83. The summed E-state index contributed by atoms with van der Waals surface area (Å²) < 4.78 is 1.68. The molecule has 1 aliphatic rings. The highest BCUT2D eigenvalue weighted by molar-refractivity contribution is 7.99. The number of nitrogens with two attached hydrogens (primary N) is 1. The van der Waals surface area contributed by atoms with Gasteiger partial charge >= 0.3 is 0 Å². The van der Waals surface area contributed by atoms with Gasteiger partial charge in [0.05, 0.1) is 10.6 Å². The summed E-state index contributed by atoms with van der Waals surface area (Å²) in [5, 5.41) is 12.9. The van der Waals surface area contributed by atoms with Gasteiger partial charge in [0.25, 0.3) is 0 Å². The molecule has 0 fully saturated rings. The second-order valence-electron chi connectivity index (χ2n) is 6.06. The molecule has 0 spiro atoms. The van der Waals surface area contributed by atoms with Crippen molar-refractivity contribution in [3.8, 4) is 10.7 Å². The zero-order valence-corrected chi connectivity index (χ0v) is 16.8. The summed E-state index contributed by atoms with van der Waals surface area (Å²) in [4.78, 5) is 28.3. The van der Waals surface area contributed by atoms with Crippen LogP contribution in [0.2, 0.25) is 0 Å².